The van der Waals surface area contributed by atoms with Gasteiger partial charge in [0.05, 0.1) is 0 Å². The average Bonchev–Trinajstić information content (AvgIpc) is 2.53. The van der Waals surface area contributed by atoms with Gasteiger partial charge in [-0.2, -0.15) is 0 Å². The number of carbonyl (C=O) groups is 1. The van der Waals surface area contributed by atoms with Crippen molar-refractivity contribution < 1.29 is 14.6 Å². The predicted molar refractivity (Wildman–Crippen MR) is 90.9 cm³/mol. The lowest BCUT2D eigenvalue weighted by Crippen LogP contribution is -2.35. The highest BCUT2D eigenvalue weighted by Gasteiger charge is 2.10. The van der Waals surface area contributed by atoms with Crippen LogP contribution in [-0.4, -0.2) is 30.3 Å². The van der Waals surface area contributed by atoms with Crippen molar-refractivity contribution in [1.29, 1.82) is 0 Å². The highest BCUT2D eigenvalue weighted by Crippen LogP contribution is 2.12. The second kappa shape index (κ2) is 7.79. The summed E-state index contributed by atoms with van der Waals surface area (Å²) in [6.07, 6.45) is -0.758. The quantitative estimate of drug-likeness (QED) is 0.862. The molecule has 0 bridgehead atoms. The Morgan fingerprint density at radius 3 is 2.61 bits per heavy atom. The van der Waals surface area contributed by atoms with E-state index in [2.05, 4.69) is 5.32 Å². The largest absolute Gasteiger partial charge is 0.491 e. The number of hydrogen-bond donors (Lipinski definition) is 2. The van der Waals surface area contributed by atoms with E-state index in [1.165, 1.54) is 0 Å². The van der Waals surface area contributed by atoms with Crippen molar-refractivity contribution in [3.63, 3.8) is 0 Å². The molecule has 1 amide bonds. The van der Waals surface area contributed by atoms with E-state index in [0.717, 1.165) is 16.7 Å². The maximum absolute atomic E-state index is 12.1. The minimum atomic E-state index is -0.758. The van der Waals surface area contributed by atoms with Crippen LogP contribution in [0.15, 0.2) is 42.5 Å². The Balaban J connectivity index is 1.80. The molecule has 0 spiro atoms. The summed E-state index contributed by atoms with van der Waals surface area (Å²) in [6.45, 7) is 6.24. The fourth-order valence-electron chi connectivity index (χ4n) is 2.15. The zero-order valence-electron chi connectivity index (χ0n) is 13.8. The number of nitrogens with one attached hydrogen (secondary N) is 1. The summed E-state index contributed by atoms with van der Waals surface area (Å²) in [6, 6.07) is 13.2. The Bertz CT molecular complexity index is 682. The molecule has 0 heterocycles. The fourth-order valence-corrected chi connectivity index (χ4v) is 2.15. The molecule has 0 aliphatic heterocycles. The molecule has 2 rings (SSSR count). The van der Waals surface area contributed by atoms with E-state index in [4.69, 9.17) is 4.74 Å². The second-order valence-corrected chi connectivity index (χ2v) is 5.79. The number of rotatable bonds is 6. The molecule has 4 nitrogen and oxygen atoms in total. The summed E-state index contributed by atoms with van der Waals surface area (Å²) in [5.74, 6) is 0.521. The zero-order chi connectivity index (χ0) is 16.8. The van der Waals surface area contributed by atoms with Gasteiger partial charge in [0.25, 0.3) is 5.91 Å². The van der Waals surface area contributed by atoms with Gasteiger partial charge in [0.1, 0.15) is 18.5 Å². The van der Waals surface area contributed by atoms with Crippen molar-refractivity contribution in [3.05, 3.63) is 64.7 Å². The molecule has 0 saturated carbocycles. The molecule has 2 aromatic rings. The summed E-state index contributed by atoms with van der Waals surface area (Å²) < 4.78 is 5.52. The van der Waals surface area contributed by atoms with Crippen molar-refractivity contribution in [2.75, 3.05) is 13.2 Å². The monoisotopic (exact) mass is 313 g/mol. The average molecular weight is 313 g/mol. The van der Waals surface area contributed by atoms with Gasteiger partial charge in [0.2, 0.25) is 0 Å². The van der Waals surface area contributed by atoms with Crippen LogP contribution in [0.5, 0.6) is 5.75 Å². The Morgan fingerprint density at radius 1 is 1.13 bits per heavy atom. The smallest absolute Gasteiger partial charge is 0.251 e. The van der Waals surface area contributed by atoms with Crippen LogP contribution in [0.1, 0.15) is 27.0 Å². The normalized spacial score (nSPS) is 11.8. The van der Waals surface area contributed by atoms with Crippen LogP contribution in [0.4, 0.5) is 0 Å². The highest BCUT2D eigenvalue weighted by molar-refractivity contribution is 5.94. The minimum Gasteiger partial charge on any atom is -0.491 e. The first-order valence-corrected chi connectivity index (χ1v) is 7.68. The van der Waals surface area contributed by atoms with Crippen molar-refractivity contribution in [2.24, 2.45) is 0 Å². The zero-order valence-corrected chi connectivity index (χ0v) is 13.8. The molecule has 2 aromatic carbocycles. The summed E-state index contributed by atoms with van der Waals surface area (Å²) >= 11 is 0. The Kier molecular flexibility index (Phi) is 5.77. The van der Waals surface area contributed by atoms with Crippen molar-refractivity contribution >= 4 is 5.91 Å². The lowest BCUT2D eigenvalue weighted by atomic mass is 10.1. The Hall–Kier alpha value is -2.33. The van der Waals surface area contributed by atoms with Gasteiger partial charge < -0.3 is 15.2 Å². The number of amides is 1. The minimum absolute atomic E-state index is 0.136. The van der Waals surface area contributed by atoms with Crippen LogP contribution in [0, 0.1) is 20.8 Å². The molecule has 2 N–H and O–H groups in total. The maximum Gasteiger partial charge on any atom is 0.251 e. The van der Waals surface area contributed by atoms with Gasteiger partial charge in [-0.25, -0.2) is 0 Å². The van der Waals surface area contributed by atoms with E-state index in [0.29, 0.717) is 11.3 Å². The van der Waals surface area contributed by atoms with Gasteiger partial charge >= 0.3 is 0 Å². The van der Waals surface area contributed by atoms with E-state index in [-0.39, 0.29) is 19.1 Å². The highest BCUT2D eigenvalue weighted by atomic mass is 16.5. The van der Waals surface area contributed by atoms with Crippen LogP contribution in [0.2, 0.25) is 0 Å². The number of ether oxygens (including phenoxy) is 1. The number of aryl methyl sites for hydroxylation is 3. The first-order valence-electron chi connectivity index (χ1n) is 7.68. The molecule has 1 unspecified atom stereocenters. The van der Waals surface area contributed by atoms with Crippen molar-refractivity contribution in [1.82, 2.24) is 5.32 Å². The van der Waals surface area contributed by atoms with E-state index in [1.54, 1.807) is 6.07 Å². The molecule has 0 aliphatic rings. The van der Waals surface area contributed by atoms with Crippen LogP contribution in [-0.2, 0) is 0 Å². The molecule has 23 heavy (non-hydrogen) atoms. The number of aliphatic hydroxyl groups is 1. The van der Waals surface area contributed by atoms with Gasteiger partial charge in [-0.1, -0.05) is 18.2 Å². The first kappa shape index (κ1) is 17.0. The lowest BCUT2D eigenvalue weighted by molar-refractivity contribution is 0.0843. The van der Waals surface area contributed by atoms with Gasteiger partial charge in [-0.05, 0) is 61.7 Å². The van der Waals surface area contributed by atoms with E-state index < -0.39 is 6.10 Å². The lowest BCUT2D eigenvalue weighted by Gasteiger charge is -2.14. The number of carbonyl (C=O) groups excluding carboxylic acids is 1. The molecule has 122 valence electrons. The molecule has 0 aliphatic carbocycles. The van der Waals surface area contributed by atoms with E-state index in [9.17, 15) is 9.90 Å². The Morgan fingerprint density at radius 2 is 1.91 bits per heavy atom. The van der Waals surface area contributed by atoms with Crippen molar-refractivity contribution in [3.8, 4) is 5.75 Å². The van der Waals surface area contributed by atoms with Crippen LogP contribution < -0.4 is 10.1 Å². The third-order valence-electron chi connectivity index (χ3n) is 3.70. The molecular formula is C19H23NO3. The van der Waals surface area contributed by atoms with Gasteiger partial charge in [0, 0.05) is 12.1 Å². The van der Waals surface area contributed by atoms with Crippen molar-refractivity contribution in [2.45, 2.75) is 26.9 Å². The summed E-state index contributed by atoms with van der Waals surface area (Å²) in [5.41, 5.74) is 3.91. The first-order chi connectivity index (χ1) is 11.0. The summed E-state index contributed by atoms with van der Waals surface area (Å²) in [5, 5.41) is 12.7. The molecule has 1 atom stereocenters. The van der Waals surface area contributed by atoms with Crippen LogP contribution in [0.25, 0.3) is 0 Å². The SMILES string of the molecule is Cc1cccc(OCC(O)CNC(=O)c2ccc(C)c(C)c2)c1. The van der Waals surface area contributed by atoms with Crippen LogP contribution in [0.3, 0.4) is 0 Å². The molecule has 0 aromatic heterocycles. The molecule has 0 fully saturated rings. The fraction of sp³-hybridized carbons (Fsp3) is 0.316. The summed E-state index contributed by atoms with van der Waals surface area (Å²) in [4.78, 5) is 12.1. The van der Waals surface area contributed by atoms with E-state index >= 15 is 0 Å². The second-order valence-electron chi connectivity index (χ2n) is 5.79. The molecular weight excluding hydrogens is 290 g/mol. The third-order valence-corrected chi connectivity index (χ3v) is 3.70. The van der Waals surface area contributed by atoms with Gasteiger partial charge in [-0.15, -0.1) is 0 Å². The summed E-state index contributed by atoms with van der Waals surface area (Å²) in [7, 11) is 0. The van der Waals surface area contributed by atoms with Gasteiger partial charge in [-0.3, -0.25) is 4.79 Å². The third kappa shape index (κ3) is 5.11. The van der Waals surface area contributed by atoms with E-state index in [1.807, 2.05) is 57.2 Å². The standard InChI is InChI=1S/C19H23NO3/c1-13-5-4-6-18(9-13)23-12-17(21)11-20-19(22)16-8-7-14(2)15(3)10-16/h4-10,17,21H,11-12H2,1-3H3,(H,20,22). The number of aliphatic hydroxyl groups excluding tert-OH is 1. The molecule has 0 radical (unpaired) electrons. The number of benzene rings is 2. The van der Waals surface area contributed by atoms with Crippen LogP contribution >= 0.6 is 0 Å². The topological polar surface area (TPSA) is 58.6 Å². The molecule has 4 heteroatoms. The predicted octanol–water partition coefficient (Wildman–Crippen LogP) is 2.78. The molecule has 0 saturated heterocycles. The van der Waals surface area contributed by atoms with Gasteiger partial charge in [0.15, 0.2) is 0 Å². The maximum atomic E-state index is 12.1. The Labute approximate surface area is 137 Å². The number of hydrogen-bond acceptors (Lipinski definition) is 3.